The van der Waals surface area contributed by atoms with E-state index in [-0.39, 0.29) is 6.42 Å². The minimum Gasteiger partial charge on any atom is -0.327 e. The molecule has 1 rings (SSSR count). The van der Waals surface area contributed by atoms with Gasteiger partial charge in [-0.1, -0.05) is 11.6 Å². The second-order valence-electron chi connectivity index (χ2n) is 4.09. The molecule has 3 nitrogen and oxygen atoms in total. The molecule has 1 aromatic rings. The van der Waals surface area contributed by atoms with Gasteiger partial charge in [0.15, 0.2) is 0 Å². The van der Waals surface area contributed by atoms with Crippen molar-refractivity contribution in [3.63, 3.8) is 0 Å². The Bertz CT molecular complexity index is 387. The van der Waals surface area contributed by atoms with Gasteiger partial charge in [0.05, 0.1) is 16.4 Å². The molecule has 0 spiro atoms. The van der Waals surface area contributed by atoms with Gasteiger partial charge in [-0.3, -0.25) is 4.68 Å². The van der Waals surface area contributed by atoms with E-state index >= 15 is 0 Å². The Kier molecular flexibility index (Phi) is 4.43. The van der Waals surface area contributed by atoms with Gasteiger partial charge in [0, 0.05) is 25.9 Å². The first-order valence-corrected chi connectivity index (χ1v) is 5.59. The molecule has 1 unspecified atom stereocenters. The zero-order chi connectivity index (χ0) is 13.2. The third kappa shape index (κ3) is 4.20. The molecule has 7 heteroatoms. The molecule has 0 aliphatic heterocycles. The van der Waals surface area contributed by atoms with E-state index in [9.17, 15) is 13.2 Å². The van der Waals surface area contributed by atoms with E-state index < -0.39 is 18.6 Å². The summed E-state index contributed by atoms with van der Waals surface area (Å²) < 4.78 is 37.6. The lowest BCUT2D eigenvalue weighted by molar-refractivity contribution is -0.136. The highest BCUT2D eigenvalue weighted by Gasteiger charge is 2.28. The molecule has 0 aromatic carbocycles. The summed E-state index contributed by atoms with van der Waals surface area (Å²) in [7, 11) is 1.70. The minimum atomic E-state index is -4.16. The van der Waals surface area contributed by atoms with E-state index in [0.717, 1.165) is 0 Å². The lowest BCUT2D eigenvalue weighted by Crippen LogP contribution is -2.26. The van der Waals surface area contributed by atoms with Crippen LogP contribution in [0.3, 0.4) is 0 Å². The van der Waals surface area contributed by atoms with E-state index in [0.29, 0.717) is 22.8 Å². The minimum absolute atomic E-state index is 0.107. The van der Waals surface area contributed by atoms with Crippen molar-refractivity contribution in [3.05, 3.63) is 16.4 Å². The quantitative estimate of drug-likeness (QED) is 0.913. The average molecular weight is 270 g/mol. The van der Waals surface area contributed by atoms with E-state index in [1.54, 1.807) is 18.7 Å². The second-order valence-corrected chi connectivity index (χ2v) is 4.47. The summed E-state index contributed by atoms with van der Waals surface area (Å²) in [5.41, 5.74) is 7.00. The predicted molar refractivity (Wildman–Crippen MR) is 59.9 cm³/mol. The summed E-state index contributed by atoms with van der Waals surface area (Å²) >= 11 is 5.99. The molecule has 2 N–H and O–H groups in total. The molecule has 0 bridgehead atoms. The Labute approximate surface area is 103 Å². The standard InChI is InChI=1S/C10H15ClF3N3/c1-6-9(11)8(17(2)16-6)5-7(15)3-4-10(12,13)14/h7H,3-5,15H2,1-2H3. The summed E-state index contributed by atoms with van der Waals surface area (Å²) in [5, 5.41) is 4.56. The SMILES string of the molecule is Cc1nn(C)c(CC(N)CCC(F)(F)F)c1Cl. The number of aromatic nitrogens is 2. The predicted octanol–water partition coefficient (Wildman–Crippen LogP) is 2.59. The fraction of sp³-hybridized carbons (Fsp3) is 0.700. The van der Waals surface area contributed by atoms with E-state index in [2.05, 4.69) is 5.10 Å². The highest BCUT2D eigenvalue weighted by atomic mass is 35.5. The molecule has 0 saturated carbocycles. The monoisotopic (exact) mass is 269 g/mol. The summed E-state index contributed by atoms with van der Waals surface area (Å²) in [6.07, 6.45) is -4.84. The molecule has 98 valence electrons. The van der Waals surface area contributed by atoms with Gasteiger partial charge in [-0.05, 0) is 13.3 Å². The molecular weight excluding hydrogens is 255 g/mol. The topological polar surface area (TPSA) is 43.8 Å². The first-order chi connectivity index (χ1) is 7.70. The summed E-state index contributed by atoms with van der Waals surface area (Å²) in [5.74, 6) is 0. The van der Waals surface area contributed by atoms with Gasteiger partial charge in [-0.15, -0.1) is 0 Å². The van der Waals surface area contributed by atoms with Crippen molar-refractivity contribution >= 4 is 11.6 Å². The van der Waals surface area contributed by atoms with Crippen LogP contribution in [0.1, 0.15) is 24.2 Å². The zero-order valence-electron chi connectivity index (χ0n) is 9.68. The van der Waals surface area contributed by atoms with Gasteiger partial charge in [-0.2, -0.15) is 18.3 Å². The van der Waals surface area contributed by atoms with Crippen LogP contribution < -0.4 is 5.73 Å². The first kappa shape index (κ1) is 14.3. The zero-order valence-corrected chi connectivity index (χ0v) is 10.4. The Morgan fingerprint density at radius 2 is 2.06 bits per heavy atom. The Morgan fingerprint density at radius 1 is 1.47 bits per heavy atom. The van der Waals surface area contributed by atoms with Crippen LogP contribution in [0.25, 0.3) is 0 Å². The third-order valence-electron chi connectivity index (χ3n) is 2.52. The van der Waals surface area contributed by atoms with Crippen LogP contribution in [0.15, 0.2) is 0 Å². The van der Waals surface area contributed by atoms with Crippen molar-refractivity contribution in [2.45, 2.75) is 38.4 Å². The van der Waals surface area contributed by atoms with Gasteiger partial charge in [0.25, 0.3) is 0 Å². The number of hydrogen-bond acceptors (Lipinski definition) is 2. The van der Waals surface area contributed by atoms with Crippen molar-refractivity contribution in [2.24, 2.45) is 12.8 Å². The lowest BCUT2D eigenvalue weighted by Gasteiger charge is -2.13. The molecular formula is C10H15ClF3N3. The number of alkyl halides is 3. The van der Waals surface area contributed by atoms with Crippen LogP contribution in [-0.2, 0) is 13.5 Å². The van der Waals surface area contributed by atoms with Crippen LogP contribution in [0.5, 0.6) is 0 Å². The van der Waals surface area contributed by atoms with E-state index in [4.69, 9.17) is 17.3 Å². The summed E-state index contributed by atoms with van der Waals surface area (Å²) in [6, 6.07) is -0.566. The van der Waals surface area contributed by atoms with Crippen molar-refractivity contribution in [1.82, 2.24) is 9.78 Å². The maximum atomic E-state index is 12.0. The molecule has 17 heavy (non-hydrogen) atoms. The fourth-order valence-corrected chi connectivity index (χ4v) is 1.84. The van der Waals surface area contributed by atoms with Gasteiger partial charge in [0.2, 0.25) is 0 Å². The number of halogens is 4. The van der Waals surface area contributed by atoms with E-state index in [1.165, 1.54) is 0 Å². The van der Waals surface area contributed by atoms with Gasteiger partial charge >= 0.3 is 6.18 Å². The Hall–Kier alpha value is -0.750. The molecule has 0 aliphatic rings. The molecule has 1 heterocycles. The number of hydrogen-bond donors (Lipinski definition) is 1. The lowest BCUT2D eigenvalue weighted by atomic mass is 10.1. The first-order valence-electron chi connectivity index (χ1n) is 5.21. The second kappa shape index (κ2) is 5.27. The Balaban J connectivity index is 2.59. The van der Waals surface area contributed by atoms with Crippen LogP contribution in [-0.4, -0.2) is 22.0 Å². The summed E-state index contributed by atoms with van der Waals surface area (Å²) in [4.78, 5) is 0. The van der Waals surface area contributed by atoms with Crippen LogP contribution in [0.4, 0.5) is 13.2 Å². The highest BCUT2D eigenvalue weighted by molar-refractivity contribution is 6.31. The number of aryl methyl sites for hydroxylation is 2. The summed E-state index contributed by atoms with van der Waals surface area (Å²) in [6.45, 7) is 1.74. The largest absolute Gasteiger partial charge is 0.389 e. The molecule has 1 atom stereocenters. The number of nitrogens with zero attached hydrogens (tertiary/aromatic N) is 2. The molecule has 0 fully saturated rings. The van der Waals surface area contributed by atoms with Crippen molar-refractivity contribution in [3.8, 4) is 0 Å². The van der Waals surface area contributed by atoms with Gasteiger partial charge < -0.3 is 5.73 Å². The third-order valence-corrected chi connectivity index (χ3v) is 3.01. The molecule has 0 saturated heterocycles. The Morgan fingerprint density at radius 3 is 2.47 bits per heavy atom. The van der Waals surface area contributed by atoms with Crippen molar-refractivity contribution in [1.29, 1.82) is 0 Å². The molecule has 0 aliphatic carbocycles. The molecule has 0 amide bonds. The average Bonchev–Trinajstić information content (AvgIpc) is 2.41. The number of rotatable bonds is 4. The van der Waals surface area contributed by atoms with E-state index in [1.807, 2.05) is 0 Å². The maximum Gasteiger partial charge on any atom is 0.389 e. The van der Waals surface area contributed by atoms with Crippen molar-refractivity contribution < 1.29 is 13.2 Å². The smallest absolute Gasteiger partial charge is 0.327 e. The van der Waals surface area contributed by atoms with Crippen LogP contribution in [0, 0.1) is 6.92 Å². The molecule has 1 aromatic heterocycles. The van der Waals surface area contributed by atoms with Crippen LogP contribution >= 0.6 is 11.6 Å². The maximum absolute atomic E-state index is 12.0. The molecule has 0 radical (unpaired) electrons. The fourth-order valence-electron chi connectivity index (χ4n) is 1.60. The number of nitrogens with two attached hydrogens (primary N) is 1. The highest BCUT2D eigenvalue weighted by Crippen LogP contribution is 2.24. The normalized spacial score (nSPS) is 14.1. The van der Waals surface area contributed by atoms with Gasteiger partial charge in [-0.25, -0.2) is 0 Å². The van der Waals surface area contributed by atoms with Crippen LogP contribution in [0.2, 0.25) is 5.02 Å². The van der Waals surface area contributed by atoms with Gasteiger partial charge in [0.1, 0.15) is 0 Å². The van der Waals surface area contributed by atoms with Crippen molar-refractivity contribution in [2.75, 3.05) is 0 Å².